The Bertz CT molecular complexity index is 1180. The smallest absolute Gasteiger partial charge is 0.327 e. The number of benzene rings is 2. The maximum atomic E-state index is 13.5. The Balaban J connectivity index is 1.53. The normalized spacial score (nSPS) is 15.6. The van der Waals surface area contributed by atoms with Crippen LogP contribution >= 0.6 is 11.6 Å². The molecule has 2 aromatic carbocycles. The van der Waals surface area contributed by atoms with Crippen LogP contribution in [-0.2, 0) is 9.53 Å². The first kappa shape index (κ1) is 22.2. The molecule has 3 aromatic rings. The van der Waals surface area contributed by atoms with E-state index < -0.39 is 6.04 Å². The van der Waals surface area contributed by atoms with Crippen LogP contribution in [0, 0.1) is 12.7 Å². The molecule has 166 valence electrons. The third kappa shape index (κ3) is 4.31. The number of carbonyl (C=O) groups excluding carboxylic acids is 2. The van der Waals surface area contributed by atoms with E-state index >= 15 is 0 Å². The molecule has 32 heavy (non-hydrogen) atoms. The predicted molar refractivity (Wildman–Crippen MR) is 120 cm³/mol. The van der Waals surface area contributed by atoms with Gasteiger partial charge in [0.1, 0.15) is 11.9 Å². The molecule has 0 unspecified atom stereocenters. The van der Waals surface area contributed by atoms with Crippen molar-refractivity contribution in [2.75, 3.05) is 33.3 Å². The Morgan fingerprint density at radius 2 is 1.81 bits per heavy atom. The number of hydrogen-bond donors (Lipinski definition) is 0. The number of rotatable bonds is 4. The van der Waals surface area contributed by atoms with E-state index in [1.165, 1.54) is 19.2 Å². The summed E-state index contributed by atoms with van der Waals surface area (Å²) in [5, 5.41) is 1.21. The van der Waals surface area contributed by atoms with Gasteiger partial charge in [-0.25, -0.2) is 9.18 Å². The van der Waals surface area contributed by atoms with Crippen LogP contribution in [0.1, 0.15) is 27.7 Å². The summed E-state index contributed by atoms with van der Waals surface area (Å²) in [5.41, 5.74) is 2.25. The first-order chi connectivity index (χ1) is 15.4. The van der Waals surface area contributed by atoms with Crippen LogP contribution in [0.15, 0.2) is 48.5 Å². The standard InChI is InChI=1S/C24H23ClFN3O3/c1-15-19(13-16-7-8-17(26)14-21(16)27-15)23(30)29-11-9-28(10-12-29)22(24(31)32-2)18-5-3-4-6-20(18)25/h3-8,13-14,22H,9-12H2,1-2H3/t22-/m1/s1. The number of halogens is 2. The molecule has 0 saturated carbocycles. The van der Waals surface area contributed by atoms with Crippen molar-refractivity contribution in [3.8, 4) is 0 Å². The number of ether oxygens (including phenoxy) is 1. The minimum absolute atomic E-state index is 0.131. The van der Waals surface area contributed by atoms with E-state index in [4.69, 9.17) is 16.3 Å². The highest BCUT2D eigenvalue weighted by molar-refractivity contribution is 6.31. The first-order valence-corrected chi connectivity index (χ1v) is 10.7. The quantitative estimate of drug-likeness (QED) is 0.556. The Morgan fingerprint density at radius 3 is 2.50 bits per heavy atom. The zero-order valence-electron chi connectivity index (χ0n) is 17.8. The zero-order chi connectivity index (χ0) is 22.8. The molecule has 0 aliphatic carbocycles. The fourth-order valence-corrected chi connectivity index (χ4v) is 4.33. The SMILES string of the molecule is COC(=O)[C@@H](c1ccccc1Cl)N1CCN(C(=O)c2cc3ccc(F)cc3nc2C)CC1. The minimum atomic E-state index is -0.634. The number of fused-ring (bicyclic) bond motifs is 1. The largest absolute Gasteiger partial charge is 0.468 e. The molecule has 0 bridgehead atoms. The lowest BCUT2D eigenvalue weighted by Gasteiger charge is -2.38. The van der Waals surface area contributed by atoms with Crippen molar-refractivity contribution in [3.05, 3.63) is 76.2 Å². The number of amides is 1. The maximum absolute atomic E-state index is 13.5. The van der Waals surface area contributed by atoms with Gasteiger partial charge in [-0.2, -0.15) is 0 Å². The topological polar surface area (TPSA) is 62.7 Å². The molecular formula is C24H23ClFN3O3. The van der Waals surface area contributed by atoms with Gasteiger partial charge < -0.3 is 9.64 Å². The summed E-state index contributed by atoms with van der Waals surface area (Å²) in [6, 6.07) is 12.7. The molecule has 0 N–H and O–H groups in total. The molecule has 1 aliphatic rings. The molecule has 0 radical (unpaired) electrons. The lowest BCUT2D eigenvalue weighted by atomic mass is 10.0. The van der Waals surface area contributed by atoms with Gasteiger partial charge in [-0.15, -0.1) is 0 Å². The number of esters is 1. The maximum Gasteiger partial charge on any atom is 0.327 e. The van der Waals surface area contributed by atoms with Gasteiger partial charge in [0, 0.05) is 42.7 Å². The summed E-state index contributed by atoms with van der Waals surface area (Å²) in [6.45, 7) is 3.61. The fourth-order valence-electron chi connectivity index (χ4n) is 4.09. The van der Waals surface area contributed by atoms with Gasteiger partial charge in [-0.1, -0.05) is 29.8 Å². The Hall–Kier alpha value is -3.03. The van der Waals surface area contributed by atoms with E-state index in [1.54, 1.807) is 30.0 Å². The van der Waals surface area contributed by atoms with Crippen molar-refractivity contribution in [1.82, 2.24) is 14.8 Å². The average molecular weight is 456 g/mol. The number of hydrogen-bond acceptors (Lipinski definition) is 5. The van der Waals surface area contributed by atoms with Crippen molar-refractivity contribution < 1.29 is 18.7 Å². The van der Waals surface area contributed by atoms with Gasteiger partial charge >= 0.3 is 5.97 Å². The van der Waals surface area contributed by atoms with E-state index in [0.717, 1.165) is 0 Å². The minimum Gasteiger partial charge on any atom is -0.468 e. The van der Waals surface area contributed by atoms with Gasteiger partial charge in [-0.3, -0.25) is 14.7 Å². The van der Waals surface area contributed by atoms with Gasteiger partial charge in [0.25, 0.3) is 5.91 Å². The summed E-state index contributed by atoms with van der Waals surface area (Å²) in [5.74, 6) is -0.883. The third-order valence-corrected chi connectivity index (χ3v) is 6.14. The monoisotopic (exact) mass is 455 g/mol. The summed E-state index contributed by atoms with van der Waals surface area (Å²) in [6.07, 6.45) is 0. The highest BCUT2D eigenvalue weighted by atomic mass is 35.5. The van der Waals surface area contributed by atoms with Crippen LogP contribution in [0.25, 0.3) is 10.9 Å². The van der Waals surface area contributed by atoms with Gasteiger partial charge in [0.2, 0.25) is 0 Å². The fraction of sp³-hybridized carbons (Fsp3) is 0.292. The van der Waals surface area contributed by atoms with Crippen LogP contribution in [0.4, 0.5) is 4.39 Å². The van der Waals surface area contributed by atoms with E-state index in [-0.39, 0.29) is 17.7 Å². The van der Waals surface area contributed by atoms with Crippen LogP contribution < -0.4 is 0 Å². The zero-order valence-corrected chi connectivity index (χ0v) is 18.6. The molecular weight excluding hydrogens is 433 g/mol. The average Bonchev–Trinajstić information content (AvgIpc) is 2.80. The molecule has 1 saturated heterocycles. The molecule has 2 heterocycles. The van der Waals surface area contributed by atoms with E-state index in [0.29, 0.717) is 58.9 Å². The van der Waals surface area contributed by atoms with Crippen LogP contribution in [0.2, 0.25) is 5.02 Å². The van der Waals surface area contributed by atoms with Gasteiger partial charge in [0.05, 0.1) is 23.9 Å². The molecule has 4 rings (SSSR count). The van der Waals surface area contributed by atoms with Crippen molar-refractivity contribution in [3.63, 3.8) is 0 Å². The van der Waals surface area contributed by atoms with Crippen molar-refractivity contribution in [2.24, 2.45) is 0 Å². The molecule has 1 aromatic heterocycles. The molecule has 1 fully saturated rings. The van der Waals surface area contributed by atoms with Crippen LogP contribution in [-0.4, -0.2) is 59.9 Å². The number of nitrogens with zero attached hydrogens (tertiary/aromatic N) is 3. The van der Waals surface area contributed by atoms with Gasteiger partial charge in [-0.05, 0) is 36.8 Å². The number of piperazine rings is 1. The Kier molecular flexibility index (Phi) is 6.39. The van der Waals surface area contributed by atoms with E-state index in [9.17, 15) is 14.0 Å². The lowest BCUT2D eigenvalue weighted by Crippen LogP contribution is -2.51. The second-order valence-corrected chi connectivity index (χ2v) is 8.14. The summed E-state index contributed by atoms with van der Waals surface area (Å²) >= 11 is 6.34. The summed E-state index contributed by atoms with van der Waals surface area (Å²) in [7, 11) is 1.35. The van der Waals surface area contributed by atoms with E-state index in [2.05, 4.69) is 4.98 Å². The van der Waals surface area contributed by atoms with E-state index in [1.807, 2.05) is 23.1 Å². The van der Waals surface area contributed by atoms with Crippen molar-refractivity contribution in [2.45, 2.75) is 13.0 Å². The Labute approximate surface area is 190 Å². The molecule has 6 nitrogen and oxygen atoms in total. The molecule has 1 atom stereocenters. The first-order valence-electron chi connectivity index (χ1n) is 10.3. The number of carbonyl (C=O) groups is 2. The molecule has 8 heteroatoms. The van der Waals surface area contributed by atoms with Gasteiger partial charge in [0.15, 0.2) is 0 Å². The number of methoxy groups -OCH3 is 1. The van der Waals surface area contributed by atoms with Crippen LogP contribution in [0.5, 0.6) is 0 Å². The number of aromatic nitrogens is 1. The van der Waals surface area contributed by atoms with Crippen molar-refractivity contribution >= 4 is 34.4 Å². The summed E-state index contributed by atoms with van der Waals surface area (Å²) < 4.78 is 18.5. The number of aryl methyl sites for hydroxylation is 1. The summed E-state index contributed by atoms with van der Waals surface area (Å²) in [4.78, 5) is 33.9. The number of pyridine rings is 1. The predicted octanol–water partition coefficient (Wildman–Crippen LogP) is 4.01. The van der Waals surface area contributed by atoms with Crippen molar-refractivity contribution in [1.29, 1.82) is 0 Å². The Morgan fingerprint density at radius 1 is 1.09 bits per heavy atom. The third-order valence-electron chi connectivity index (χ3n) is 5.79. The van der Waals surface area contributed by atoms with Crippen LogP contribution in [0.3, 0.4) is 0 Å². The molecule has 1 amide bonds. The highest BCUT2D eigenvalue weighted by Gasteiger charge is 2.34. The molecule has 1 aliphatic heterocycles. The lowest BCUT2D eigenvalue weighted by molar-refractivity contribution is -0.148. The molecule has 0 spiro atoms. The second kappa shape index (κ2) is 9.22. The highest BCUT2D eigenvalue weighted by Crippen LogP contribution is 2.30. The second-order valence-electron chi connectivity index (χ2n) is 7.73.